The fourth-order valence-electron chi connectivity index (χ4n) is 3.12. The van der Waals surface area contributed by atoms with Crippen LogP contribution < -0.4 is 10.9 Å². The summed E-state index contributed by atoms with van der Waals surface area (Å²) in [5.41, 5.74) is 0.256. The van der Waals surface area contributed by atoms with Gasteiger partial charge in [-0.1, -0.05) is 23.4 Å². The highest BCUT2D eigenvalue weighted by atomic mass is 35.5. The number of halogens is 1. The van der Waals surface area contributed by atoms with E-state index in [1.165, 1.54) is 42.3 Å². The number of nitrogens with zero attached hydrogens (tertiary/aromatic N) is 3. The zero-order valence-electron chi connectivity index (χ0n) is 18.1. The fourth-order valence-corrected chi connectivity index (χ4v) is 4.14. The zero-order chi connectivity index (χ0) is 24.2. The summed E-state index contributed by atoms with van der Waals surface area (Å²) < 4.78 is 11.6. The van der Waals surface area contributed by atoms with Gasteiger partial charge in [-0.15, -0.1) is 0 Å². The van der Waals surface area contributed by atoms with E-state index in [4.69, 9.17) is 20.8 Å². The number of carbonyl (C=O) groups excluding carboxylic acids is 2. The van der Waals surface area contributed by atoms with Crippen LogP contribution in [0.25, 0.3) is 10.9 Å². The minimum atomic E-state index is -0.631. The molecular formula is C23H19ClN4O5S. The van der Waals surface area contributed by atoms with Crippen LogP contribution in [0.2, 0.25) is 5.02 Å². The van der Waals surface area contributed by atoms with Gasteiger partial charge in [0.15, 0.2) is 5.16 Å². The fraction of sp³-hybridized carbons (Fsp3) is 0.174. The number of hydrogen-bond donors (Lipinski definition) is 1. The number of thioether (sulfide) groups is 1. The second kappa shape index (κ2) is 10.1. The number of anilines is 1. The van der Waals surface area contributed by atoms with Gasteiger partial charge in [-0.05, 0) is 49.4 Å². The lowest BCUT2D eigenvalue weighted by Crippen LogP contribution is -2.27. The maximum absolute atomic E-state index is 13.3. The van der Waals surface area contributed by atoms with E-state index in [1.54, 1.807) is 31.2 Å². The summed E-state index contributed by atoms with van der Waals surface area (Å²) in [6.45, 7) is 1.82. The van der Waals surface area contributed by atoms with Gasteiger partial charge in [-0.2, -0.15) is 0 Å². The molecule has 1 amide bonds. The first-order valence-electron chi connectivity index (χ1n) is 10.1. The maximum atomic E-state index is 13.3. The molecule has 1 unspecified atom stereocenters. The van der Waals surface area contributed by atoms with Crippen LogP contribution in [0.1, 0.15) is 23.0 Å². The van der Waals surface area contributed by atoms with E-state index in [9.17, 15) is 14.4 Å². The summed E-state index contributed by atoms with van der Waals surface area (Å²) >= 11 is 6.94. The van der Waals surface area contributed by atoms with Crippen molar-refractivity contribution in [3.8, 4) is 0 Å². The van der Waals surface area contributed by atoms with Crippen molar-refractivity contribution in [1.82, 2.24) is 14.5 Å². The Morgan fingerprint density at radius 2 is 2.09 bits per heavy atom. The van der Waals surface area contributed by atoms with Crippen molar-refractivity contribution in [3.63, 3.8) is 0 Å². The van der Waals surface area contributed by atoms with Crippen LogP contribution in [-0.2, 0) is 16.1 Å². The molecule has 34 heavy (non-hydrogen) atoms. The zero-order valence-corrected chi connectivity index (χ0v) is 19.7. The molecule has 0 spiro atoms. The summed E-state index contributed by atoms with van der Waals surface area (Å²) in [4.78, 5) is 46.7. The van der Waals surface area contributed by atoms with E-state index in [-0.39, 0.29) is 23.6 Å². The quantitative estimate of drug-likeness (QED) is 0.231. The van der Waals surface area contributed by atoms with E-state index >= 15 is 0 Å². The highest BCUT2D eigenvalue weighted by Crippen LogP contribution is 2.25. The molecule has 1 atom stereocenters. The SMILES string of the molecule is COC(=O)c1ccc2c(=O)n(Cc3ccco3)c(SC(C)C(=O)Nc3ccc(Cl)cn3)nc2c1. The maximum Gasteiger partial charge on any atom is 0.337 e. The van der Waals surface area contributed by atoms with Crippen molar-refractivity contribution in [2.75, 3.05) is 12.4 Å². The van der Waals surface area contributed by atoms with Crippen LogP contribution in [0.15, 0.2) is 69.3 Å². The number of nitrogens with one attached hydrogen (secondary N) is 1. The van der Waals surface area contributed by atoms with Crippen molar-refractivity contribution in [2.24, 2.45) is 0 Å². The van der Waals surface area contributed by atoms with Crippen molar-refractivity contribution in [3.05, 3.63) is 81.6 Å². The van der Waals surface area contributed by atoms with Gasteiger partial charge in [-0.25, -0.2) is 14.8 Å². The number of esters is 1. The minimum absolute atomic E-state index is 0.128. The van der Waals surface area contributed by atoms with Crippen LogP contribution in [0, 0.1) is 0 Å². The third-order valence-corrected chi connectivity index (χ3v) is 6.18. The molecule has 3 heterocycles. The summed E-state index contributed by atoms with van der Waals surface area (Å²) in [6.07, 6.45) is 2.94. The standard InChI is InChI=1S/C23H19ClN4O5S/c1-13(20(29)27-19-8-6-15(24)11-25-19)34-23-26-18-10-14(22(31)32-2)5-7-17(18)21(30)28(23)12-16-4-3-9-33-16/h3-11,13H,12H2,1-2H3,(H,25,27,29). The first-order chi connectivity index (χ1) is 16.4. The van der Waals surface area contributed by atoms with Gasteiger partial charge < -0.3 is 14.5 Å². The lowest BCUT2D eigenvalue weighted by molar-refractivity contribution is -0.115. The number of fused-ring (bicyclic) bond motifs is 1. The van der Waals surface area contributed by atoms with Crippen LogP contribution in [0.3, 0.4) is 0 Å². The van der Waals surface area contributed by atoms with Gasteiger partial charge in [0.25, 0.3) is 5.56 Å². The molecular weight excluding hydrogens is 480 g/mol. The Bertz CT molecular complexity index is 1400. The molecule has 0 aliphatic heterocycles. The molecule has 0 bridgehead atoms. The third kappa shape index (κ3) is 5.13. The lowest BCUT2D eigenvalue weighted by Gasteiger charge is -2.16. The molecule has 0 fully saturated rings. The number of amides is 1. The number of furan rings is 1. The molecule has 9 nitrogen and oxygen atoms in total. The second-order valence-electron chi connectivity index (χ2n) is 7.20. The number of aromatic nitrogens is 3. The Balaban J connectivity index is 1.70. The molecule has 11 heteroatoms. The van der Waals surface area contributed by atoms with E-state index in [0.29, 0.717) is 32.7 Å². The number of hydrogen-bond acceptors (Lipinski definition) is 8. The van der Waals surface area contributed by atoms with Gasteiger partial charge >= 0.3 is 5.97 Å². The largest absolute Gasteiger partial charge is 0.467 e. The highest BCUT2D eigenvalue weighted by Gasteiger charge is 2.21. The van der Waals surface area contributed by atoms with Gasteiger partial charge in [-0.3, -0.25) is 14.2 Å². The van der Waals surface area contributed by atoms with Crippen LogP contribution >= 0.6 is 23.4 Å². The summed E-state index contributed by atoms with van der Waals surface area (Å²) in [6, 6.07) is 11.2. The van der Waals surface area contributed by atoms with Crippen LogP contribution in [-0.4, -0.2) is 38.8 Å². The summed E-state index contributed by atoms with van der Waals surface area (Å²) in [5, 5.41) is 3.15. The number of pyridine rings is 1. The topological polar surface area (TPSA) is 116 Å². The Labute approximate surface area is 203 Å². The molecule has 0 aliphatic carbocycles. The first kappa shape index (κ1) is 23.5. The highest BCUT2D eigenvalue weighted by molar-refractivity contribution is 8.00. The molecule has 174 valence electrons. The lowest BCUT2D eigenvalue weighted by atomic mass is 10.1. The molecule has 0 saturated carbocycles. The average Bonchev–Trinajstić information content (AvgIpc) is 3.35. The Hall–Kier alpha value is -3.63. The summed E-state index contributed by atoms with van der Waals surface area (Å²) in [5.74, 6) is 0.0330. The molecule has 1 N–H and O–H groups in total. The summed E-state index contributed by atoms with van der Waals surface area (Å²) in [7, 11) is 1.28. The number of rotatable bonds is 7. The van der Waals surface area contributed by atoms with Crippen molar-refractivity contribution < 1.29 is 18.7 Å². The van der Waals surface area contributed by atoms with E-state index in [2.05, 4.69) is 15.3 Å². The first-order valence-corrected chi connectivity index (χ1v) is 11.4. The van der Waals surface area contributed by atoms with Gasteiger partial charge in [0.05, 0.1) is 46.7 Å². The van der Waals surface area contributed by atoms with Crippen molar-refractivity contribution in [1.29, 1.82) is 0 Å². The van der Waals surface area contributed by atoms with E-state index < -0.39 is 11.2 Å². The monoisotopic (exact) mass is 498 g/mol. The average molecular weight is 499 g/mol. The molecule has 4 rings (SSSR count). The van der Waals surface area contributed by atoms with Crippen molar-refractivity contribution >= 4 is 52.0 Å². The smallest absolute Gasteiger partial charge is 0.337 e. The second-order valence-corrected chi connectivity index (χ2v) is 8.94. The Morgan fingerprint density at radius 1 is 1.26 bits per heavy atom. The molecule has 0 radical (unpaired) electrons. The predicted molar refractivity (Wildman–Crippen MR) is 128 cm³/mol. The Morgan fingerprint density at radius 3 is 2.76 bits per heavy atom. The van der Waals surface area contributed by atoms with E-state index in [1.807, 2.05) is 0 Å². The van der Waals surface area contributed by atoms with Crippen LogP contribution in [0.4, 0.5) is 5.82 Å². The number of carbonyl (C=O) groups is 2. The molecule has 1 aromatic carbocycles. The molecule has 4 aromatic rings. The van der Waals surface area contributed by atoms with Gasteiger partial charge in [0.2, 0.25) is 5.91 Å². The van der Waals surface area contributed by atoms with Gasteiger partial charge in [0, 0.05) is 6.20 Å². The molecule has 0 aliphatic rings. The Kier molecular flexibility index (Phi) is 6.99. The third-order valence-electron chi connectivity index (χ3n) is 4.87. The normalized spacial score (nSPS) is 11.9. The number of ether oxygens (including phenoxy) is 1. The number of methoxy groups -OCH3 is 1. The number of benzene rings is 1. The minimum Gasteiger partial charge on any atom is -0.467 e. The molecule has 0 saturated heterocycles. The predicted octanol–water partition coefficient (Wildman–Crippen LogP) is 3.99. The van der Waals surface area contributed by atoms with Crippen molar-refractivity contribution in [2.45, 2.75) is 23.9 Å². The van der Waals surface area contributed by atoms with Gasteiger partial charge in [0.1, 0.15) is 11.6 Å². The van der Waals surface area contributed by atoms with E-state index in [0.717, 1.165) is 11.8 Å². The van der Waals surface area contributed by atoms with Crippen LogP contribution in [0.5, 0.6) is 0 Å². The molecule has 3 aromatic heterocycles.